The number of hydrogen-bond donors (Lipinski definition) is 3. The number of hydrogen-bond acceptors (Lipinski definition) is 8. The second-order valence-corrected chi connectivity index (χ2v) is 9.61. The van der Waals surface area contributed by atoms with Crippen molar-refractivity contribution in [1.29, 1.82) is 0 Å². The Balaban J connectivity index is 1.49. The number of aryl methyl sites for hydroxylation is 1. The van der Waals surface area contributed by atoms with E-state index in [9.17, 15) is 8.42 Å². The molecule has 0 aliphatic heterocycles. The molecule has 8 nitrogen and oxygen atoms in total. The monoisotopic (exact) mass is 440 g/mol. The highest BCUT2D eigenvalue weighted by Crippen LogP contribution is 2.28. The normalized spacial score (nSPS) is 11.5. The molecule has 1 aromatic carbocycles. The van der Waals surface area contributed by atoms with Gasteiger partial charge in [0, 0.05) is 18.4 Å². The van der Waals surface area contributed by atoms with E-state index < -0.39 is 10.0 Å². The summed E-state index contributed by atoms with van der Waals surface area (Å²) in [5, 5.41) is 7.12. The van der Waals surface area contributed by atoms with Crippen LogP contribution in [0.1, 0.15) is 11.1 Å². The van der Waals surface area contributed by atoms with Crippen molar-refractivity contribution in [3.63, 3.8) is 0 Å². The Bertz CT molecular complexity index is 1290. The van der Waals surface area contributed by atoms with E-state index in [1.54, 1.807) is 18.3 Å². The highest BCUT2D eigenvalue weighted by Gasteiger charge is 2.08. The molecule has 154 valence electrons. The van der Waals surface area contributed by atoms with Gasteiger partial charge in [-0.15, -0.1) is 0 Å². The molecule has 0 fully saturated rings. The first-order valence-corrected chi connectivity index (χ1v) is 11.8. The fourth-order valence-electron chi connectivity index (χ4n) is 2.70. The van der Waals surface area contributed by atoms with E-state index in [4.69, 9.17) is 0 Å². The molecule has 10 heteroatoms. The van der Waals surface area contributed by atoms with E-state index in [0.717, 1.165) is 33.7 Å². The Morgan fingerprint density at radius 3 is 2.53 bits per heavy atom. The van der Waals surface area contributed by atoms with Crippen LogP contribution in [0.15, 0.2) is 54.7 Å². The number of nitrogens with zero attached hydrogens (tertiary/aromatic N) is 3. The van der Waals surface area contributed by atoms with E-state index >= 15 is 0 Å². The topological polar surface area (TPSA) is 109 Å². The third-order valence-corrected chi connectivity index (χ3v) is 5.73. The summed E-state index contributed by atoms with van der Waals surface area (Å²) in [6.07, 6.45) is 2.75. The second-order valence-electron chi connectivity index (χ2n) is 6.80. The molecule has 0 amide bonds. The fraction of sp³-hybridized carbons (Fsp3) is 0.150. The molecule has 0 radical (unpaired) electrons. The minimum Gasteiger partial charge on any atom is -0.340 e. The summed E-state index contributed by atoms with van der Waals surface area (Å²) in [5.41, 5.74) is 3.75. The van der Waals surface area contributed by atoms with Crippen LogP contribution in [0.3, 0.4) is 0 Å². The lowest BCUT2D eigenvalue weighted by atomic mass is 10.2. The van der Waals surface area contributed by atoms with E-state index in [-0.39, 0.29) is 6.54 Å². The van der Waals surface area contributed by atoms with Crippen molar-refractivity contribution < 1.29 is 8.42 Å². The molecule has 0 unspecified atom stereocenters. The van der Waals surface area contributed by atoms with Crippen LogP contribution in [0, 0.1) is 6.92 Å². The molecule has 0 aliphatic carbocycles. The van der Waals surface area contributed by atoms with E-state index in [1.807, 2.05) is 43.3 Å². The predicted octanol–water partition coefficient (Wildman–Crippen LogP) is 3.93. The third-order valence-electron chi connectivity index (χ3n) is 4.18. The molecule has 4 aromatic rings. The molecule has 30 heavy (non-hydrogen) atoms. The van der Waals surface area contributed by atoms with Gasteiger partial charge in [-0.1, -0.05) is 29.0 Å². The molecule has 0 saturated carbocycles. The molecule has 0 bridgehead atoms. The summed E-state index contributed by atoms with van der Waals surface area (Å²) in [4.78, 5) is 14.3. The Labute approximate surface area is 178 Å². The lowest BCUT2D eigenvalue weighted by molar-refractivity contribution is 0.587. The van der Waals surface area contributed by atoms with Crippen LogP contribution in [0.4, 0.5) is 22.5 Å². The van der Waals surface area contributed by atoms with E-state index in [0.29, 0.717) is 10.9 Å². The van der Waals surface area contributed by atoms with Gasteiger partial charge in [0.05, 0.1) is 6.26 Å². The number of thiazole rings is 1. The Kier molecular flexibility index (Phi) is 5.62. The summed E-state index contributed by atoms with van der Waals surface area (Å²) in [6, 6.07) is 15.5. The van der Waals surface area contributed by atoms with Gasteiger partial charge < -0.3 is 10.6 Å². The molecular formula is C20H20N6O2S2. The van der Waals surface area contributed by atoms with Crippen molar-refractivity contribution in [2.45, 2.75) is 13.5 Å². The van der Waals surface area contributed by atoms with Crippen LogP contribution >= 0.6 is 11.3 Å². The van der Waals surface area contributed by atoms with Gasteiger partial charge >= 0.3 is 0 Å². The first kappa shape index (κ1) is 20.2. The summed E-state index contributed by atoms with van der Waals surface area (Å²) < 4.78 is 25.0. The maximum Gasteiger partial charge on any atom is 0.209 e. The van der Waals surface area contributed by atoms with Gasteiger partial charge in [0.2, 0.25) is 10.0 Å². The van der Waals surface area contributed by atoms with E-state index in [2.05, 4.69) is 30.3 Å². The summed E-state index contributed by atoms with van der Waals surface area (Å²) in [7, 11) is -3.26. The van der Waals surface area contributed by atoms with Crippen molar-refractivity contribution in [3.8, 4) is 0 Å². The molecule has 3 heterocycles. The minimum absolute atomic E-state index is 0.200. The molecule has 0 saturated heterocycles. The van der Waals surface area contributed by atoms with Gasteiger partial charge in [-0.2, -0.15) is 0 Å². The number of anilines is 4. The fourth-order valence-corrected chi connectivity index (χ4v) is 3.98. The number of fused-ring (bicyclic) bond motifs is 1. The van der Waals surface area contributed by atoms with Crippen LogP contribution in [-0.2, 0) is 16.6 Å². The van der Waals surface area contributed by atoms with Crippen molar-refractivity contribution >= 4 is 54.2 Å². The zero-order chi connectivity index (χ0) is 21.1. The lowest BCUT2D eigenvalue weighted by Crippen LogP contribution is -2.21. The van der Waals surface area contributed by atoms with Crippen LogP contribution < -0.4 is 15.4 Å². The SMILES string of the molecule is Cc1ccc(Nc2ccc3nc(Nc4cc(CNS(C)(=O)=O)ccn4)sc3n2)cc1. The summed E-state index contributed by atoms with van der Waals surface area (Å²) in [6.45, 7) is 2.25. The average Bonchev–Trinajstić information content (AvgIpc) is 3.09. The predicted molar refractivity (Wildman–Crippen MR) is 121 cm³/mol. The van der Waals surface area contributed by atoms with Gasteiger partial charge in [-0.3, -0.25) is 0 Å². The molecule has 0 atom stereocenters. The zero-order valence-electron chi connectivity index (χ0n) is 16.4. The minimum atomic E-state index is -3.26. The number of pyridine rings is 2. The highest BCUT2D eigenvalue weighted by atomic mass is 32.2. The summed E-state index contributed by atoms with van der Waals surface area (Å²) in [5.74, 6) is 1.33. The lowest BCUT2D eigenvalue weighted by Gasteiger charge is -2.05. The summed E-state index contributed by atoms with van der Waals surface area (Å²) >= 11 is 1.42. The number of sulfonamides is 1. The van der Waals surface area contributed by atoms with Gasteiger partial charge in [-0.05, 0) is 48.9 Å². The van der Waals surface area contributed by atoms with E-state index in [1.165, 1.54) is 16.9 Å². The highest BCUT2D eigenvalue weighted by molar-refractivity contribution is 7.88. The second kappa shape index (κ2) is 8.34. The van der Waals surface area contributed by atoms with Crippen LogP contribution in [0.2, 0.25) is 0 Å². The first-order chi connectivity index (χ1) is 14.3. The standard InChI is InChI=1S/C20H20N6O2S2/c1-13-3-5-15(6-4-13)23-17-8-7-16-19(25-17)29-20(24-16)26-18-11-14(9-10-21-18)12-22-30(2,27)28/h3-11,22H,12H2,1-2H3,(H,23,25)(H,21,24,26). The van der Waals surface area contributed by atoms with Gasteiger partial charge in [-0.25, -0.2) is 28.1 Å². The number of benzene rings is 1. The molecule has 4 rings (SSSR count). The Morgan fingerprint density at radius 1 is 0.967 bits per heavy atom. The molecule has 0 aliphatic rings. The van der Waals surface area contributed by atoms with Gasteiger partial charge in [0.15, 0.2) is 5.13 Å². The number of rotatable bonds is 7. The third kappa shape index (κ3) is 5.29. The maximum atomic E-state index is 11.3. The van der Waals surface area contributed by atoms with Crippen LogP contribution in [-0.4, -0.2) is 29.6 Å². The zero-order valence-corrected chi connectivity index (χ0v) is 18.0. The maximum absolute atomic E-state index is 11.3. The van der Waals surface area contributed by atoms with Crippen molar-refractivity contribution in [1.82, 2.24) is 19.7 Å². The molecule has 3 N–H and O–H groups in total. The Morgan fingerprint density at radius 2 is 1.77 bits per heavy atom. The Hall–Kier alpha value is -3.08. The average molecular weight is 441 g/mol. The number of nitrogens with one attached hydrogen (secondary N) is 3. The molecular weight excluding hydrogens is 420 g/mol. The smallest absolute Gasteiger partial charge is 0.209 e. The largest absolute Gasteiger partial charge is 0.340 e. The molecule has 3 aromatic heterocycles. The van der Waals surface area contributed by atoms with Crippen molar-refractivity contribution in [3.05, 3.63) is 65.9 Å². The van der Waals surface area contributed by atoms with Crippen LogP contribution in [0.25, 0.3) is 10.3 Å². The molecule has 0 spiro atoms. The van der Waals surface area contributed by atoms with Crippen molar-refractivity contribution in [2.75, 3.05) is 16.9 Å². The van der Waals surface area contributed by atoms with Gasteiger partial charge in [0.25, 0.3) is 0 Å². The first-order valence-electron chi connectivity index (χ1n) is 9.12. The van der Waals surface area contributed by atoms with Gasteiger partial charge in [0.1, 0.15) is 22.0 Å². The number of aromatic nitrogens is 3. The quantitative estimate of drug-likeness (QED) is 0.399. The van der Waals surface area contributed by atoms with Crippen LogP contribution in [0.5, 0.6) is 0 Å². The van der Waals surface area contributed by atoms with Crippen molar-refractivity contribution in [2.24, 2.45) is 0 Å².